The van der Waals surface area contributed by atoms with Crippen LogP contribution in [0.25, 0.3) is 0 Å². The molecule has 0 bridgehead atoms. The van der Waals surface area contributed by atoms with Gasteiger partial charge in [0, 0.05) is 19.3 Å². The second-order valence-electron chi connectivity index (χ2n) is 3.40. The summed E-state index contributed by atoms with van der Waals surface area (Å²) in [5.41, 5.74) is 3.26. The van der Waals surface area contributed by atoms with Crippen molar-refractivity contribution in [2.45, 2.75) is 31.3 Å². The van der Waals surface area contributed by atoms with Crippen LogP contribution in [0.5, 0.6) is 0 Å². The number of carbonyl (C=O) groups excluding carboxylic acids is 3. The standard InChI is InChI=1S/C10H14N2O5/c1-2-3-7(10(16)17)12-8(13)5-4-6(11)9(14)15/h1,6-7H,3-5,11H2,(H,12,13)(H,14,15)(H,16,17)/p-1/t6-,7-/m0/s1. The third kappa shape index (κ3) is 6.17. The van der Waals surface area contributed by atoms with E-state index in [9.17, 15) is 24.6 Å². The number of amides is 1. The molecule has 0 unspecified atom stereocenters. The van der Waals surface area contributed by atoms with Crippen LogP contribution in [-0.2, 0) is 14.4 Å². The number of hydrogen-bond acceptors (Lipinski definition) is 5. The summed E-state index contributed by atoms with van der Waals surface area (Å²) < 4.78 is 0. The maximum Gasteiger partial charge on any atom is 0.220 e. The average Bonchev–Trinajstić information content (AvgIpc) is 2.24. The molecule has 0 rings (SSSR count). The number of terminal acetylenes is 1. The van der Waals surface area contributed by atoms with Gasteiger partial charge in [-0.2, -0.15) is 0 Å². The fraction of sp³-hybridized carbons (Fsp3) is 0.500. The fourth-order valence-electron chi connectivity index (χ4n) is 1.00. The lowest BCUT2D eigenvalue weighted by atomic mass is 10.1. The largest absolute Gasteiger partial charge is 0.548 e. The Morgan fingerprint density at radius 3 is 2.29 bits per heavy atom. The van der Waals surface area contributed by atoms with E-state index in [0.29, 0.717) is 0 Å². The quantitative estimate of drug-likeness (QED) is 0.432. The predicted molar refractivity (Wildman–Crippen MR) is 51.3 cm³/mol. The van der Waals surface area contributed by atoms with Crippen molar-refractivity contribution in [3.8, 4) is 12.3 Å². The second kappa shape index (κ2) is 7.24. The minimum atomic E-state index is -1.48. The molecule has 7 heteroatoms. The van der Waals surface area contributed by atoms with E-state index in [1.807, 2.05) is 0 Å². The number of rotatable bonds is 7. The van der Waals surface area contributed by atoms with Crippen LogP contribution in [0.4, 0.5) is 0 Å². The highest BCUT2D eigenvalue weighted by molar-refractivity contribution is 5.83. The SMILES string of the molecule is C#CC[C@H](NC(=O)CC[C@H]([NH3+])C(=O)[O-])C(=O)[O-]. The second-order valence-corrected chi connectivity index (χ2v) is 3.40. The molecule has 0 heterocycles. The van der Waals surface area contributed by atoms with Gasteiger partial charge in [0.25, 0.3) is 0 Å². The van der Waals surface area contributed by atoms with Gasteiger partial charge < -0.3 is 30.9 Å². The first-order chi connectivity index (χ1) is 7.88. The maximum atomic E-state index is 11.2. The zero-order valence-electron chi connectivity index (χ0n) is 9.10. The number of nitrogens with one attached hydrogen (secondary N) is 1. The van der Waals surface area contributed by atoms with Gasteiger partial charge in [0.1, 0.15) is 6.04 Å². The van der Waals surface area contributed by atoms with Crippen molar-refractivity contribution in [2.75, 3.05) is 0 Å². The summed E-state index contributed by atoms with van der Waals surface area (Å²) in [5, 5.41) is 23.0. The smallest absolute Gasteiger partial charge is 0.220 e. The summed E-state index contributed by atoms with van der Waals surface area (Å²) in [6, 6.07) is -2.28. The summed E-state index contributed by atoms with van der Waals surface area (Å²) in [7, 11) is 0. The number of hydrogen-bond donors (Lipinski definition) is 2. The van der Waals surface area contributed by atoms with Crippen LogP contribution in [-0.4, -0.2) is 29.9 Å². The first-order valence-electron chi connectivity index (χ1n) is 4.86. The molecule has 7 nitrogen and oxygen atoms in total. The predicted octanol–water partition coefficient (Wildman–Crippen LogP) is -4.61. The highest BCUT2D eigenvalue weighted by atomic mass is 16.4. The van der Waals surface area contributed by atoms with Crippen LogP contribution < -0.4 is 21.3 Å². The highest BCUT2D eigenvalue weighted by Gasteiger charge is 2.14. The number of carbonyl (C=O) groups is 3. The van der Waals surface area contributed by atoms with Crippen molar-refractivity contribution < 1.29 is 30.3 Å². The Hall–Kier alpha value is -2.07. The molecule has 4 N–H and O–H groups in total. The third-order valence-corrected chi connectivity index (χ3v) is 1.99. The molecule has 0 aliphatic carbocycles. The van der Waals surface area contributed by atoms with Gasteiger partial charge in [0.15, 0.2) is 0 Å². The zero-order valence-corrected chi connectivity index (χ0v) is 9.10. The van der Waals surface area contributed by atoms with Gasteiger partial charge in [-0.25, -0.2) is 0 Å². The van der Waals surface area contributed by atoms with Crippen LogP contribution in [0, 0.1) is 12.3 Å². The van der Waals surface area contributed by atoms with Gasteiger partial charge in [-0.3, -0.25) is 4.79 Å². The molecule has 2 atom stereocenters. The lowest BCUT2D eigenvalue weighted by Gasteiger charge is -2.17. The number of carboxylic acid groups (broad SMARTS) is 2. The number of aliphatic carboxylic acids is 2. The highest BCUT2D eigenvalue weighted by Crippen LogP contribution is 1.95. The van der Waals surface area contributed by atoms with Crippen molar-refractivity contribution >= 4 is 17.8 Å². The molecule has 94 valence electrons. The minimum Gasteiger partial charge on any atom is -0.548 e. The van der Waals surface area contributed by atoms with E-state index in [1.54, 1.807) is 0 Å². The van der Waals surface area contributed by atoms with E-state index in [0.717, 1.165) is 0 Å². The normalized spacial score (nSPS) is 13.2. The van der Waals surface area contributed by atoms with E-state index >= 15 is 0 Å². The molecule has 0 saturated carbocycles. The van der Waals surface area contributed by atoms with Gasteiger partial charge in [0.2, 0.25) is 5.91 Å². The Bertz CT molecular complexity index is 347. The fourth-order valence-corrected chi connectivity index (χ4v) is 1.00. The van der Waals surface area contributed by atoms with E-state index in [4.69, 9.17) is 6.42 Å². The van der Waals surface area contributed by atoms with Crippen LogP contribution >= 0.6 is 0 Å². The third-order valence-electron chi connectivity index (χ3n) is 1.99. The maximum absolute atomic E-state index is 11.2. The summed E-state index contributed by atoms with van der Waals surface area (Å²) >= 11 is 0. The van der Waals surface area contributed by atoms with E-state index in [-0.39, 0.29) is 19.3 Å². The molecule has 0 aliphatic rings. The van der Waals surface area contributed by atoms with Crippen molar-refractivity contribution in [2.24, 2.45) is 0 Å². The van der Waals surface area contributed by atoms with Crippen molar-refractivity contribution in [1.82, 2.24) is 5.32 Å². The molecule has 0 aromatic heterocycles. The zero-order chi connectivity index (χ0) is 13.4. The number of carboxylic acids is 2. The van der Waals surface area contributed by atoms with Crippen LogP contribution in [0.15, 0.2) is 0 Å². The van der Waals surface area contributed by atoms with Gasteiger partial charge in [-0.1, -0.05) is 0 Å². The molecule has 0 aliphatic heterocycles. The Labute approximate surface area is 98.0 Å². The van der Waals surface area contributed by atoms with Gasteiger partial charge in [-0.05, 0) is 0 Å². The Morgan fingerprint density at radius 2 is 1.88 bits per heavy atom. The van der Waals surface area contributed by atoms with Gasteiger partial charge >= 0.3 is 0 Å². The van der Waals surface area contributed by atoms with Crippen molar-refractivity contribution in [3.05, 3.63) is 0 Å². The molecule has 0 aromatic rings. The molecule has 0 spiro atoms. The Morgan fingerprint density at radius 1 is 1.29 bits per heavy atom. The summed E-state index contributed by atoms with van der Waals surface area (Å²) in [4.78, 5) is 32.1. The molecule has 17 heavy (non-hydrogen) atoms. The molecule has 0 fully saturated rings. The van der Waals surface area contributed by atoms with Crippen LogP contribution in [0.2, 0.25) is 0 Å². The van der Waals surface area contributed by atoms with Crippen molar-refractivity contribution in [3.63, 3.8) is 0 Å². The lowest BCUT2D eigenvalue weighted by Crippen LogP contribution is -2.68. The Kier molecular flexibility index (Phi) is 6.36. The Balaban J connectivity index is 4.12. The van der Waals surface area contributed by atoms with E-state index in [2.05, 4.69) is 17.0 Å². The lowest BCUT2D eigenvalue weighted by molar-refractivity contribution is -0.438. The minimum absolute atomic E-state index is 0.0377. The molecule has 0 saturated heterocycles. The summed E-state index contributed by atoms with van der Waals surface area (Å²) in [6.45, 7) is 0. The molecule has 0 radical (unpaired) electrons. The molecule has 0 aromatic carbocycles. The van der Waals surface area contributed by atoms with E-state index < -0.39 is 29.9 Å². The molecular weight excluding hydrogens is 228 g/mol. The topological polar surface area (TPSA) is 137 Å². The first-order valence-corrected chi connectivity index (χ1v) is 4.86. The molecular formula is C10H13N2O5-. The summed E-state index contributed by atoms with van der Waals surface area (Å²) in [5.74, 6) is -1.38. The summed E-state index contributed by atoms with van der Waals surface area (Å²) in [6.07, 6.45) is 4.52. The first kappa shape index (κ1) is 14.9. The van der Waals surface area contributed by atoms with Crippen LogP contribution in [0.1, 0.15) is 19.3 Å². The van der Waals surface area contributed by atoms with Crippen LogP contribution in [0.3, 0.4) is 0 Å². The number of quaternary nitrogens is 1. The van der Waals surface area contributed by atoms with Gasteiger partial charge in [0.05, 0.1) is 18.0 Å². The average molecular weight is 241 g/mol. The van der Waals surface area contributed by atoms with Gasteiger partial charge in [-0.15, -0.1) is 12.3 Å². The van der Waals surface area contributed by atoms with Crippen molar-refractivity contribution in [1.29, 1.82) is 0 Å². The van der Waals surface area contributed by atoms with E-state index in [1.165, 1.54) is 0 Å². The molecule has 1 amide bonds. The monoisotopic (exact) mass is 241 g/mol.